The van der Waals surface area contributed by atoms with Gasteiger partial charge in [-0.1, -0.05) is 12.1 Å². The molecule has 11 heteroatoms. The molecule has 3 heterocycles. The van der Waals surface area contributed by atoms with Crippen molar-refractivity contribution < 1.29 is 14.1 Å². The Morgan fingerprint density at radius 2 is 1.97 bits per heavy atom. The number of nitro groups is 1. The smallest absolute Gasteiger partial charge is 0.337 e. The number of nitro benzene ring substituents is 1. The number of fused-ring (bicyclic) bond motifs is 1. The number of rotatable bonds is 6. The summed E-state index contributed by atoms with van der Waals surface area (Å²) in [7, 11) is 0. The minimum absolute atomic E-state index is 0.0686. The molecular weight excluding hydrogens is 445 g/mol. The standard InChI is InChI=1S/C23H20FN5O5/c24-16-6-8-17(9-7-16)28-21-20(22(30)27(23(28)31)13-19-5-2-10-34-19)26(14-25-21)12-15-3-1-4-18(11-15)29(32)33/h1,3-4,6-9,11,14,19H,2,5,10,12-13H2/t19-/m1/s1. The number of nitrogens with zero attached hydrogens (tertiary/aromatic N) is 5. The van der Waals surface area contributed by atoms with Gasteiger partial charge in [0.25, 0.3) is 11.2 Å². The molecule has 0 unspecified atom stereocenters. The molecule has 10 nitrogen and oxygen atoms in total. The van der Waals surface area contributed by atoms with Crippen LogP contribution in [-0.2, 0) is 17.8 Å². The Hall–Kier alpha value is -4.12. The van der Waals surface area contributed by atoms with Crippen LogP contribution in [0.3, 0.4) is 0 Å². The predicted molar refractivity (Wildman–Crippen MR) is 121 cm³/mol. The molecule has 34 heavy (non-hydrogen) atoms. The molecule has 1 aliphatic heterocycles. The Morgan fingerprint density at radius 1 is 1.18 bits per heavy atom. The molecule has 1 aliphatic rings. The van der Waals surface area contributed by atoms with E-state index < -0.39 is 22.0 Å². The van der Waals surface area contributed by atoms with Crippen molar-refractivity contribution in [1.29, 1.82) is 0 Å². The van der Waals surface area contributed by atoms with E-state index in [-0.39, 0.29) is 36.0 Å². The van der Waals surface area contributed by atoms with Gasteiger partial charge in [-0.3, -0.25) is 19.5 Å². The summed E-state index contributed by atoms with van der Waals surface area (Å²) < 4.78 is 23.1. The highest BCUT2D eigenvalue weighted by molar-refractivity contribution is 5.72. The molecule has 0 radical (unpaired) electrons. The number of non-ortho nitro benzene ring substituents is 1. The van der Waals surface area contributed by atoms with Crippen LogP contribution in [0, 0.1) is 15.9 Å². The second kappa shape index (κ2) is 8.67. The highest BCUT2D eigenvalue weighted by Gasteiger charge is 2.23. The fourth-order valence-electron chi connectivity index (χ4n) is 4.24. The molecule has 0 N–H and O–H groups in total. The second-order valence-electron chi connectivity index (χ2n) is 8.12. The van der Waals surface area contributed by atoms with Gasteiger partial charge in [-0.2, -0.15) is 0 Å². The summed E-state index contributed by atoms with van der Waals surface area (Å²) in [4.78, 5) is 41.9. The SMILES string of the molecule is O=c1c2c(ncn2Cc2cccc([N+](=O)[O-])c2)n(-c2ccc(F)cc2)c(=O)n1C[C@H]1CCCO1. The lowest BCUT2D eigenvalue weighted by molar-refractivity contribution is -0.384. The van der Waals surface area contributed by atoms with Gasteiger partial charge >= 0.3 is 5.69 Å². The number of imidazole rings is 1. The second-order valence-corrected chi connectivity index (χ2v) is 8.12. The summed E-state index contributed by atoms with van der Waals surface area (Å²) in [5, 5.41) is 11.2. The fourth-order valence-corrected chi connectivity index (χ4v) is 4.24. The molecule has 2 aromatic carbocycles. The third-order valence-corrected chi connectivity index (χ3v) is 5.87. The number of hydrogen-bond acceptors (Lipinski definition) is 6. The van der Waals surface area contributed by atoms with E-state index in [0.717, 1.165) is 17.4 Å². The van der Waals surface area contributed by atoms with E-state index >= 15 is 0 Å². The van der Waals surface area contributed by atoms with Crippen molar-refractivity contribution in [1.82, 2.24) is 18.7 Å². The lowest BCUT2D eigenvalue weighted by Crippen LogP contribution is -2.42. The number of aromatic nitrogens is 4. The molecule has 1 atom stereocenters. The Labute approximate surface area is 191 Å². The first-order chi connectivity index (χ1) is 16.4. The molecule has 2 aromatic heterocycles. The maximum Gasteiger partial charge on any atom is 0.337 e. The summed E-state index contributed by atoms with van der Waals surface area (Å²) in [6.45, 7) is 0.782. The van der Waals surface area contributed by atoms with Crippen molar-refractivity contribution in [3.05, 3.63) is 97.2 Å². The van der Waals surface area contributed by atoms with Crippen LogP contribution in [0.5, 0.6) is 0 Å². The van der Waals surface area contributed by atoms with E-state index in [4.69, 9.17) is 4.74 Å². The first kappa shape index (κ1) is 21.7. The maximum atomic E-state index is 13.5. The van der Waals surface area contributed by atoms with Gasteiger partial charge in [-0.25, -0.2) is 18.7 Å². The van der Waals surface area contributed by atoms with Crippen LogP contribution in [0.1, 0.15) is 18.4 Å². The Balaban J connectivity index is 1.70. The minimum Gasteiger partial charge on any atom is -0.376 e. The van der Waals surface area contributed by atoms with Gasteiger partial charge in [0.2, 0.25) is 0 Å². The third-order valence-electron chi connectivity index (χ3n) is 5.87. The zero-order valence-electron chi connectivity index (χ0n) is 18.0. The van der Waals surface area contributed by atoms with Crippen LogP contribution in [0.25, 0.3) is 16.9 Å². The lowest BCUT2D eigenvalue weighted by Gasteiger charge is -2.15. The van der Waals surface area contributed by atoms with Crippen LogP contribution in [0.2, 0.25) is 0 Å². The van der Waals surface area contributed by atoms with E-state index in [1.54, 1.807) is 16.7 Å². The summed E-state index contributed by atoms with van der Waals surface area (Å²) in [6, 6.07) is 11.4. The van der Waals surface area contributed by atoms with E-state index in [0.29, 0.717) is 17.9 Å². The minimum atomic E-state index is -0.597. The van der Waals surface area contributed by atoms with Crippen LogP contribution < -0.4 is 11.2 Å². The fraction of sp³-hybridized carbons (Fsp3) is 0.261. The topological polar surface area (TPSA) is 114 Å². The van der Waals surface area contributed by atoms with E-state index in [1.807, 2.05) is 0 Å². The van der Waals surface area contributed by atoms with Crippen LogP contribution in [0.4, 0.5) is 10.1 Å². The van der Waals surface area contributed by atoms with E-state index in [2.05, 4.69) is 4.98 Å². The summed E-state index contributed by atoms with van der Waals surface area (Å²) in [6.07, 6.45) is 2.73. The lowest BCUT2D eigenvalue weighted by atomic mass is 10.2. The normalized spacial score (nSPS) is 15.7. The van der Waals surface area contributed by atoms with Crippen molar-refractivity contribution in [3.63, 3.8) is 0 Å². The molecule has 0 saturated carbocycles. The predicted octanol–water partition coefficient (Wildman–Crippen LogP) is 2.62. The molecule has 4 aromatic rings. The quantitative estimate of drug-likeness (QED) is 0.319. The Bertz CT molecular complexity index is 1500. The van der Waals surface area contributed by atoms with E-state index in [1.165, 1.54) is 47.3 Å². The van der Waals surface area contributed by atoms with Crippen LogP contribution in [-0.4, -0.2) is 36.3 Å². The van der Waals surface area contributed by atoms with Gasteiger partial charge in [0.1, 0.15) is 5.82 Å². The summed E-state index contributed by atoms with van der Waals surface area (Å²) >= 11 is 0. The number of hydrogen-bond donors (Lipinski definition) is 0. The molecule has 174 valence electrons. The molecule has 0 amide bonds. The average molecular weight is 465 g/mol. The van der Waals surface area contributed by atoms with Crippen LogP contribution >= 0.6 is 0 Å². The first-order valence-electron chi connectivity index (χ1n) is 10.7. The third kappa shape index (κ3) is 3.90. The molecule has 1 fully saturated rings. The van der Waals surface area contributed by atoms with Gasteiger partial charge in [0, 0.05) is 25.3 Å². The van der Waals surface area contributed by atoms with Crippen molar-refractivity contribution in [2.75, 3.05) is 6.61 Å². The van der Waals surface area contributed by atoms with Crippen molar-refractivity contribution in [2.45, 2.75) is 32.0 Å². The zero-order valence-corrected chi connectivity index (χ0v) is 18.0. The molecule has 0 bridgehead atoms. The zero-order chi connectivity index (χ0) is 23.8. The van der Waals surface area contributed by atoms with Gasteiger partial charge in [0.15, 0.2) is 11.2 Å². The number of benzene rings is 2. The van der Waals surface area contributed by atoms with Crippen LogP contribution in [0.15, 0.2) is 64.4 Å². The maximum absolute atomic E-state index is 13.5. The number of halogens is 1. The Morgan fingerprint density at radius 3 is 2.68 bits per heavy atom. The summed E-state index contributed by atoms with van der Waals surface area (Å²) in [5.41, 5.74) is 0.0400. The van der Waals surface area contributed by atoms with Gasteiger partial charge in [0.05, 0.1) is 29.6 Å². The molecule has 0 aliphatic carbocycles. The monoisotopic (exact) mass is 465 g/mol. The average Bonchev–Trinajstić information content (AvgIpc) is 3.48. The van der Waals surface area contributed by atoms with Crippen molar-refractivity contribution in [3.8, 4) is 5.69 Å². The van der Waals surface area contributed by atoms with Gasteiger partial charge in [-0.15, -0.1) is 0 Å². The van der Waals surface area contributed by atoms with E-state index in [9.17, 15) is 24.1 Å². The van der Waals surface area contributed by atoms with Crippen molar-refractivity contribution >= 4 is 16.9 Å². The molecule has 1 saturated heterocycles. The molecule has 5 rings (SSSR count). The largest absolute Gasteiger partial charge is 0.376 e. The first-order valence-corrected chi connectivity index (χ1v) is 10.7. The van der Waals surface area contributed by atoms with Gasteiger partial charge < -0.3 is 9.30 Å². The van der Waals surface area contributed by atoms with Gasteiger partial charge in [-0.05, 0) is 42.7 Å². The highest BCUT2D eigenvalue weighted by Crippen LogP contribution is 2.19. The Kier molecular flexibility index (Phi) is 5.54. The molecular formula is C23H20FN5O5. The number of ether oxygens (including phenoxy) is 1. The summed E-state index contributed by atoms with van der Waals surface area (Å²) in [5.74, 6) is -0.461. The van der Waals surface area contributed by atoms with Crippen molar-refractivity contribution in [2.24, 2.45) is 0 Å². The highest BCUT2D eigenvalue weighted by atomic mass is 19.1. The molecule has 0 spiro atoms.